The lowest BCUT2D eigenvalue weighted by Gasteiger charge is -2.13. The first-order valence-corrected chi connectivity index (χ1v) is 5.88. The number of nitrogens with one attached hydrogen (secondary N) is 1. The minimum Gasteiger partial charge on any atom is -0.338 e. The van der Waals surface area contributed by atoms with Crippen molar-refractivity contribution >= 4 is 24.8 Å². The van der Waals surface area contributed by atoms with E-state index in [0.717, 1.165) is 26.1 Å². The Hall–Kier alpha value is -0.570. The van der Waals surface area contributed by atoms with E-state index in [9.17, 15) is 13.2 Å². The van der Waals surface area contributed by atoms with E-state index >= 15 is 0 Å². The molecule has 5 nitrogen and oxygen atoms in total. The van der Waals surface area contributed by atoms with Crippen molar-refractivity contribution in [2.45, 2.75) is 25.2 Å². The van der Waals surface area contributed by atoms with Gasteiger partial charge in [-0.1, -0.05) is 5.16 Å². The average Bonchev–Trinajstić information content (AvgIpc) is 2.90. The summed E-state index contributed by atoms with van der Waals surface area (Å²) in [6.45, 7) is 3.02. The molecular formula is C10H15Cl2F3N4O. The summed E-state index contributed by atoms with van der Waals surface area (Å²) in [5.41, 5.74) is 0. The van der Waals surface area contributed by atoms with E-state index in [0.29, 0.717) is 12.0 Å². The van der Waals surface area contributed by atoms with Gasteiger partial charge in [-0.25, -0.2) is 0 Å². The van der Waals surface area contributed by atoms with Crippen molar-refractivity contribution in [2.24, 2.45) is 5.92 Å². The first kappa shape index (κ1) is 17.5. The summed E-state index contributed by atoms with van der Waals surface area (Å²) < 4.78 is 41.5. The SMILES string of the molecule is Cl.Cl.FC(F)(F)c1noc(CN2C[C@@H]3CCN[C@@H]3C2)n1. The zero-order chi connectivity index (χ0) is 12.8. The number of hydrogen-bond donors (Lipinski definition) is 1. The summed E-state index contributed by atoms with van der Waals surface area (Å²) in [7, 11) is 0. The molecule has 2 saturated heterocycles. The van der Waals surface area contributed by atoms with Crippen molar-refractivity contribution in [3.63, 3.8) is 0 Å². The van der Waals surface area contributed by atoms with Crippen molar-refractivity contribution in [3.8, 4) is 0 Å². The normalized spacial score (nSPS) is 25.9. The lowest BCUT2D eigenvalue weighted by Crippen LogP contribution is -2.30. The van der Waals surface area contributed by atoms with E-state index in [2.05, 4.69) is 24.9 Å². The highest BCUT2D eigenvalue weighted by molar-refractivity contribution is 5.85. The third-order valence-electron chi connectivity index (χ3n) is 3.52. The second-order valence-corrected chi connectivity index (χ2v) is 4.81. The Morgan fingerprint density at radius 1 is 1.30 bits per heavy atom. The molecule has 0 bridgehead atoms. The molecule has 0 amide bonds. The van der Waals surface area contributed by atoms with Gasteiger partial charge >= 0.3 is 6.18 Å². The van der Waals surface area contributed by atoms with Crippen LogP contribution < -0.4 is 5.32 Å². The van der Waals surface area contributed by atoms with E-state index in [1.54, 1.807) is 0 Å². The molecule has 0 saturated carbocycles. The first-order chi connectivity index (χ1) is 8.52. The third kappa shape index (κ3) is 3.55. The molecule has 0 radical (unpaired) electrons. The minimum atomic E-state index is -4.54. The van der Waals surface area contributed by atoms with Gasteiger partial charge in [0.15, 0.2) is 0 Å². The highest BCUT2D eigenvalue weighted by Gasteiger charge is 2.39. The van der Waals surface area contributed by atoms with Crippen LogP contribution in [0.5, 0.6) is 0 Å². The highest BCUT2D eigenvalue weighted by atomic mass is 35.5. The summed E-state index contributed by atoms with van der Waals surface area (Å²) in [6.07, 6.45) is -3.41. The molecule has 2 aliphatic rings. The van der Waals surface area contributed by atoms with Crippen molar-refractivity contribution in [2.75, 3.05) is 19.6 Å². The summed E-state index contributed by atoms with van der Waals surface area (Å²) in [5, 5.41) is 6.32. The summed E-state index contributed by atoms with van der Waals surface area (Å²) in [5.74, 6) is -0.577. The van der Waals surface area contributed by atoms with Gasteiger partial charge in [-0.05, 0) is 18.9 Å². The summed E-state index contributed by atoms with van der Waals surface area (Å²) in [4.78, 5) is 5.42. The largest absolute Gasteiger partial charge is 0.455 e. The Morgan fingerprint density at radius 3 is 2.65 bits per heavy atom. The molecule has 0 aliphatic carbocycles. The van der Waals surface area contributed by atoms with Crippen LogP contribution in [-0.2, 0) is 12.7 Å². The quantitative estimate of drug-likeness (QED) is 0.892. The summed E-state index contributed by atoms with van der Waals surface area (Å²) in [6, 6.07) is 0.454. The van der Waals surface area contributed by atoms with Gasteiger partial charge in [-0.2, -0.15) is 18.2 Å². The molecule has 10 heteroatoms. The predicted molar refractivity (Wildman–Crippen MR) is 69.0 cm³/mol. The van der Waals surface area contributed by atoms with E-state index in [4.69, 9.17) is 0 Å². The van der Waals surface area contributed by atoms with Gasteiger partial charge in [-0.3, -0.25) is 4.90 Å². The maximum Gasteiger partial charge on any atom is 0.455 e. The molecule has 2 atom stereocenters. The van der Waals surface area contributed by atoms with Crippen LogP contribution in [0.3, 0.4) is 0 Å². The number of fused-ring (bicyclic) bond motifs is 1. The fourth-order valence-electron chi connectivity index (χ4n) is 2.69. The van der Waals surface area contributed by atoms with E-state index in [1.165, 1.54) is 0 Å². The zero-order valence-electron chi connectivity index (χ0n) is 10.4. The zero-order valence-corrected chi connectivity index (χ0v) is 12.0. The third-order valence-corrected chi connectivity index (χ3v) is 3.52. The van der Waals surface area contributed by atoms with Crippen molar-refractivity contribution in [1.29, 1.82) is 0 Å². The molecule has 116 valence electrons. The van der Waals surface area contributed by atoms with Crippen LogP contribution in [0, 0.1) is 5.92 Å². The second-order valence-electron chi connectivity index (χ2n) is 4.81. The molecule has 3 rings (SSSR count). The maximum absolute atomic E-state index is 12.3. The van der Waals surface area contributed by atoms with Gasteiger partial charge in [0.25, 0.3) is 5.82 Å². The maximum atomic E-state index is 12.3. The standard InChI is InChI=1S/C10H13F3N4O.2ClH/c11-10(12,13)9-15-8(18-16-9)5-17-3-6-1-2-14-7(6)4-17;;/h6-7,14H,1-5H2;2*1H/t6-,7+;;/m0../s1. The molecule has 3 heterocycles. The van der Waals surface area contributed by atoms with Crippen LogP contribution in [0.2, 0.25) is 0 Å². The molecule has 1 aromatic rings. The van der Waals surface area contributed by atoms with E-state index in [1.807, 2.05) is 0 Å². The molecule has 20 heavy (non-hydrogen) atoms. The van der Waals surface area contributed by atoms with Crippen LogP contribution in [0.15, 0.2) is 4.52 Å². The number of aromatic nitrogens is 2. The fraction of sp³-hybridized carbons (Fsp3) is 0.800. The second kappa shape index (κ2) is 6.46. The van der Waals surface area contributed by atoms with Crippen LogP contribution >= 0.6 is 24.8 Å². The number of halogens is 5. The Balaban J connectivity index is 0.000001000. The molecule has 2 fully saturated rings. The molecule has 1 aromatic heterocycles. The molecule has 1 N–H and O–H groups in total. The fourth-order valence-corrected chi connectivity index (χ4v) is 2.69. The highest BCUT2D eigenvalue weighted by Crippen LogP contribution is 2.28. The Kier molecular flexibility index (Phi) is 5.65. The van der Waals surface area contributed by atoms with Crippen LogP contribution in [0.4, 0.5) is 13.2 Å². The average molecular weight is 335 g/mol. The minimum absolute atomic E-state index is 0. The Morgan fingerprint density at radius 2 is 2.05 bits per heavy atom. The number of hydrogen-bond acceptors (Lipinski definition) is 5. The lowest BCUT2D eigenvalue weighted by atomic mass is 10.1. The summed E-state index contributed by atoms with van der Waals surface area (Å²) >= 11 is 0. The van der Waals surface area contributed by atoms with Gasteiger partial charge in [0.05, 0.1) is 6.54 Å². The van der Waals surface area contributed by atoms with Gasteiger partial charge in [0.1, 0.15) is 0 Å². The molecule has 0 unspecified atom stereocenters. The van der Waals surface area contributed by atoms with Crippen LogP contribution in [0.25, 0.3) is 0 Å². The lowest BCUT2D eigenvalue weighted by molar-refractivity contribution is -0.146. The van der Waals surface area contributed by atoms with Gasteiger partial charge in [0.2, 0.25) is 5.89 Å². The first-order valence-electron chi connectivity index (χ1n) is 5.88. The van der Waals surface area contributed by atoms with Gasteiger partial charge < -0.3 is 9.84 Å². The van der Waals surface area contributed by atoms with Gasteiger partial charge in [-0.15, -0.1) is 24.8 Å². The van der Waals surface area contributed by atoms with Crippen molar-refractivity contribution in [3.05, 3.63) is 11.7 Å². The van der Waals surface area contributed by atoms with E-state index < -0.39 is 12.0 Å². The topological polar surface area (TPSA) is 54.2 Å². The number of rotatable bonds is 2. The molecule has 0 aromatic carbocycles. The predicted octanol–water partition coefficient (Wildman–Crippen LogP) is 1.73. The number of nitrogens with zero attached hydrogens (tertiary/aromatic N) is 3. The monoisotopic (exact) mass is 334 g/mol. The molecule has 2 aliphatic heterocycles. The Bertz CT molecular complexity index is 430. The van der Waals surface area contributed by atoms with Crippen LogP contribution in [0.1, 0.15) is 18.1 Å². The number of likely N-dealkylation sites (tertiary alicyclic amines) is 1. The smallest absolute Gasteiger partial charge is 0.338 e. The molecule has 0 spiro atoms. The Labute approximate surface area is 126 Å². The van der Waals surface area contributed by atoms with Crippen molar-refractivity contribution in [1.82, 2.24) is 20.4 Å². The van der Waals surface area contributed by atoms with E-state index in [-0.39, 0.29) is 37.2 Å². The number of alkyl halides is 3. The van der Waals surface area contributed by atoms with Crippen molar-refractivity contribution < 1.29 is 17.7 Å². The van der Waals surface area contributed by atoms with Gasteiger partial charge in [0, 0.05) is 19.1 Å². The van der Waals surface area contributed by atoms with Crippen LogP contribution in [-0.4, -0.2) is 40.7 Å². The molecular weight excluding hydrogens is 320 g/mol.